The lowest BCUT2D eigenvalue weighted by Crippen LogP contribution is -2.13. The Balaban J connectivity index is 1.86. The van der Waals surface area contributed by atoms with E-state index in [1.807, 2.05) is 32.0 Å². The lowest BCUT2D eigenvalue weighted by atomic mass is 10.1. The van der Waals surface area contributed by atoms with E-state index in [-0.39, 0.29) is 17.6 Å². The molecule has 0 unspecified atom stereocenters. The van der Waals surface area contributed by atoms with Gasteiger partial charge in [-0.1, -0.05) is 13.8 Å². The molecule has 0 atom stereocenters. The maximum absolute atomic E-state index is 12.2. The van der Waals surface area contributed by atoms with Crippen LogP contribution in [0, 0.1) is 0 Å². The Morgan fingerprint density at radius 2 is 2.25 bits per heavy atom. The van der Waals surface area contributed by atoms with Crippen LogP contribution in [0.1, 0.15) is 36.0 Å². The fourth-order valence-electron chi connectivity index (χ4n) is 2.04. The first-order valence-electron chi connectivity index (χ1n) is 6.33. The topological polar surface area (TPSA) is 83.8 Å². The van der Waals surface area contributed by atoms with Gasteiger partial charge in [-0.2, -0.15) is 5.10 Å². The van der Waals surface area contributed by atoms with Gasteiger partial charge in [-0.05, 0) is 24.1 Å². The number of carbonyl (C=O) groups is 1. The standard InChI is InChI=1S/C14H14N4O2/c1-8(2)12-13(20-7-15-12)14(19)17-10-4-3-9-6-16-18-11(9)5-10/h3-8H,1-2H3,(H,16,18)(H,17,19). The first-order chi connectivity index (χ1) is 9.65. The van der Waals surface area contributed by atoms with E-state index in [1.54, 1.807) is 6.20 Å². The number of hydrogen-bond donors (Lipinski definition) is 2. The van der Waals surface area contributed by atoms with E-state index in [1.165, 1.54) is 6.39 Å². The van der Waals surface area contributed by atoms with Crippen LogP contribution in [-0.4, -0.2) is 21.1 Å². The molecular formula is C14H14N4O2. The van der Waals surface area contributed by atoms with Gasteiger partial charge >= 0.3 is 0 Å². The molecule has 20 heavy (non-hydrogen) atoms. The van der Waals surface area contributed by atoms with Crippen LogP contribution < -0.4 is 5.32 Å². The van der Waals surface area contributed by atoms with Crippen LogP contribution in [-0.2, 0) is 0 Å². The van der Waals surface area contributed by atoms with Gasteiger partial charge in [-0.3, -0.25) is 9.89 Å². The van der Waals surface area contributed by atoms with Gasteiger partial charge in [0.25, 0.3) is 5.91 Å². The second-order valence-corrected chi connectivity index (χ2v) is 4.85. The molecule has 102 valence electrons. The quantitative estimate of drug-likeness (QED) is 0.766. The lowest BCUT2D eigenvalue weighted by Gasteiger charge is -2.06. The largest absolute Gasteiger partial charge is 0.438 e. The molecule has 2 heterocycles. The van der Waals surface area contributed by atoms with Gasteiger partial charge < -0.3 is 9.73 Å². The van der Waals surface area contributed by atoms with Crippen molar-refractivity contribution >= 4 is 22.5 Å². The smallest absolute Gasteiger partial charge is 0.293 e. The summed E-state index contributed by atoms with van der Waals surface area (Å²) in [4.78, 5) is 16.3. The highest BCUT2D eigenvalue weighted by molar-refractivity contribution is 6.03. The highest BCUT2D eigenvalue weighted by atomic mass is 16.3. The Labute approximate surface area is 115 Å². The predicted molar refractivity (Wildman–Crippen MR) is 74.6 cm³/mol. The van der Waals surface area contributed by atoms with E-state index in [0.29, 0.717) is 11.4 Å². The number of nitrogens with one attached hydrogen (secondary N) is 2. The maximum atomic E-state index is 12.2. The van der Waals surface area contributed by atoms with Gasteiger partial charge in [0, 0.05) is 11.1 Å². The molecule has 3 aromatic rings. The first kappa shape index (κ1) is 12.4. The number of carbonyl (C=O) groups excluding carboxylic acids is 1. The Bertz CT molecular complexity index is 757. The van der Waals surface area contributed by atoms with E-state index in [0.717, 1.165) is 10.9 Å². The lowest BCUT2D eigenvalue weighted by molar-refractivity contribution is 0.0995. The monoisotopic (exact) mass is 270 g/mol. The summed E-state index contributed by atoms with van der Waals surface area (Å²) in [5.41, 5.74) is 2.20. The number of amides is 1. The fourth-order valence-corrected chi connectivity index (χ4v) is 2.04. The van der Waals surface area contributed by atoms with Gasteiger partial charge in [0.2, 0.25) is 5.76 Å². The third-order valence-corrected chi connectivity index (χ3v) is 3.05. The van der Waals surface area contributed by atoms with E-state index in [4.69, 9.17) is 4.42 Å². The summed E-state index contributed by atoms with van der Waals surface area (Å²) in [6, 6.07) is 5.53. The molecule has 0 aliphatic heterocycles. The zero-order chi connectivity index (χ0) is 14.1. The summed E-state index contributed by atoms with van der Waals surface area (Å²) in [5, 5.41) is 10.6. The molecule has 1 aromatic carbocycles. The minimum Gasteiger partial charge on any atom is -0.438 e. The minimum absolute atomic E-state index is 0.129. The highest BCUT2D eigenvalue weighted by Crippen LogP contribution is 2.20. The van der Waals surface area contributed by atoms with Crippen LogP contribution in [0.15, 0.2) is 35.2 Å². The molecule has 0 radical (unpaired) electrons. The summed E-state index contributed by atoms with van der Waals surface area (Å²) >= 11 is 0. The number of H-pyrrole nitrogens is 1. The van der Waals surface area contributed by atoms with Crippen LogP contribution in [0.25, 0.3) is 10.9 Å². The molecule has 0 saturated carbocycles. The second kappa shape index (κ2) is 4.80. The van der Waals surface area contributed by atoms with Crippen LogP contribution in [0.4, 0.5) is 5.69 Å². The molecule has 0 bridgehead atoms. The van der Waals surface area contributed by atoms with Crippen molar-refractivity contribution in [1.82, 2.24) is 15.2 Å². The fraction of sp³-hybridized carbons (Fsp3) is 0.214. The normalized spacial score (nSPS) is 11.2. The third kappa shape index (κ3) is 2.16. The molecule has 0 aliphatic carbocycles. The van der Waals surface area contributed by atoms with Crippen molar-refractivity contribution in [3.63, 3.8) is 0 Å². The molecule has 1 amide bonds. The average molecular weight is 270 g/mol. The van der Waals surface area contributed by atoms with Crippen molar-refractivity contribution in [2.75, 3.05) is 5.32 Å². The van der Waals surface area contributed by atoms with E-state index >= 15 is 0 Å². The number of aromatic nitrogens is 3. The summed E-state index contributed by atoms with van der Waals surface area (Å²) in [6.45, 7) is 3.93. The predicted octanol–water partition coefficient (Wildman–Crippen LogP) is 2.93. The van der Waals surface area contributed by atoms with Crippen LogP contribution in [0.2, 0.25) is 0 Å². The van der Waals surface area contributed by atoms with Crippen LogP contribution in [0.3, 0.4) is 0 Å². The Morgan fingerprint density at radius 1 is 1.40 bits per heavy atom. The number of fused-ring (bicyclic) bond motifs is 1. The molecule has 6 heteroatoms. The highest BCUT2D eigenvalue weighted by Gasteiger charge is 2.19. The van der Waals surface area contributed by atoms with Gasteiger partial charge in [0.15, 0.2) is 6.39 Å². The zero-order valence-corrected chi connectivity index (χ0v) is 11.2. The number of nitrogens with zero attached hydrogens (tertiary/aromatic N) is 2. The van der Waals surface area contributed by atoms with Crippen molar-refractivity contribution in [2.45, 2.75) is 19.8 Å². The summed E-state index contributed by atoms with van der Waals surface area (Å²) in [5.74, 6) is 0.0827. The Morgan fingerprint density at radius 3 is 3.05 bits per heavy atom. The number of aromatic amines is 1. The molecule has 6 nitrogen and oxygen atoms in total. The number of benzene rings is 1. The molecule has 0 spiro atoms. The molecule has 2 aromatic heterocycles. The van der Waals surface area contributed by atoms with Crippen LogP contribution >= 0.6 is 0 Å². The van der Waals surface area contributed by atoms with Gasteiger partial charge in [-0.25, -0.2) is 4.98 Å². The minimum atomic E-state index is -0.301. The molecule has 3 rings (SSSR count). The first-order valence-corrected chi connectivity index (χ1v) is 6.33. The third-order valence-electron chi connectivity index (χ3n) is 3.05. The van der Waals surface area contributed by atoms with Crippen molar-refractivity contribution < 1.29 is 9.21 Å². The number of rotatable bonds is 3. The second-order valence-electron chi connectivity index (χ2n) is 4.85. The van der Waals surface area contributed by atoms with Crippen LogP contribution in [0.5, 0.6) is 0 Å². The summed E-state index contributed by atoms with van der Waals surface area (Å²) in [6.07, 6.45) is 3.02. The molecule has 0 fully saturated rings. The van der Waals surface area contributed by atoms with E-state index in [2.05, 4.69) is 20.5 Å². The summed E-state index contributed by atoms with van der Waals surface area (Å²) < 4.78 is 5.19. The summed E-state index contributed by atoms with van der Waals surface area (Å²) in [7, 11) is 0. The number of hydrogen-bond acceptors (Lipinski definition) is 4. The van der Waals surface area contributed by atoms with Crippen molar-refractivity contribution in [3.05, 3.63) is 42.2 Å². The Kier molecular flexibility index (Phi) is 2.98. The van der Waals surface area contributed by atoms with E-state index in [9.17, 15) is 4.79 Å². The number of oxazole rings is 1. The molecular weight excluding hydrogens is 256 g/mol. The van der Waals surface area contributed by atoms with Crippen molar-refractivity contribution in [2.24, 2.45) is 0 Å². The molecule has 2 N–H and O–H groups in total. The SMILES string of the molecule is CC(C)c1ncoc1C(=O)Nc1ccc2cn[nH]c2c1. The molecule has 0 saturated heterocycles. The zero-order valence-electron chi connectivity index (χ0n) is 11.2. The van der Waals surface area contributed by atoms with Crippen molar-refractivity contribution in [3.8, 4) is 0 Å². The number of anilines is 1. The maximum Gasteiger partial charge on any atom is 0.293 e. The van der Waals surface area contributed by atoms with Gasteiger partial charge in [0.1, 0.15) is 0 Å². The molecule has 0 aliphatic rings. The van der Waals surface area contributed by atoms with Gasteiger partial charge in [0.05, 0.1) is 17.4 Å². The van der Waals surface area contributed by atoms with Crippen molar-refractivity contribution in [1.29, 1.82) is 0 Å². The van der Waals surface area contributed by atoms with E-state index < -0.39 is 0 Å². The average Bonchev–Trinajstić information content (AvgIpc) is 3.06. The van der Waals surface area contributed by atoms with Gasteiger partial charge in [-0.15, -0.1) is 0 Å². The Hall–Kier alpha value is -2.63.